The predicted molar refractivity (Wildman–Crippen MR) is 97.7 cm³/mol. The lowest BCUT2D eigenvalue weighted by atomic mass is 9.82. The Hall–Kier alpha value is -2.13. The van der Waals surface area contributed by atoms with Crippen molar-refractivity contribution in [1.82, 2.24) is 5.32 Å². The summed E-state index contributed by atoms with van der Waals surface area (Å²) in [7, 11) is 0. The predicted octanol–water partition coefficient (Wildman–Crippen LogP) is 4.68. The van der Waals surface area contributed by atoms with Crippen LogP contribution in [0.5, 0.6) is 0 Å². The number of rotatable bonds is 4. The fourth-order valence-electron chi connectivity index (χ4n) is 2.49. The van der Waals surface area contributed by atoms with Gasteiger partial charge in [-0.15, -0.1) is 0 Å². The smallest absolute Gasteiger partial charge is 0.252 e. The van der Waals surface area contributed by atoms with Crippen LogP contribution in [0.3, 0.4) is 0 Å². The molecule has 126 valence electrons. The highest BCUT2D eigenvalue weighted by Gasteiger charge is 2.33. The quantitative estimate of drug-likeness (QED) is 0.819. The van der Waals surface area contributed by atoms with Crippen LogP contribution in [0.4, 0.5) is 0 Å². The summed E-state index contributed by atoms with van der Waals surface area (Å²) in [6.07, 6.45) is 0. The van der Waals surface area contributed by atoms with Gasteiger partial charge in [-0.25, -0.2) is 0 Å². The van der Waals surface area contributed by atoms with Crippen LogP contribution in [0.15, 0.2) is 48.5 Å². The van der Waals surface area contributed by atoms with Crippen molar-refractivity contribution in [2.24, 2.45) is 5.41 Å². The molecule has 0 aliphatic rings. The molecular weight excluding hydrogens is 322 g/mol. The molecule has 0 spiro atoms. The Bertz CT molecular complexity index is 745. The summed E-state index contributed by atoms with van der Waals surface area (Å²) < 4.78 is 0. The number of benzene rings is 2. The van der Waals surface area contributed by atoms with Gasteiger partial charge in [-0.3, -0.25) is 9.59 Å². The number of hydrogen-bond acceptors (Lipinski definition) is 2. The number of ketones is 1. The third-order valence-electron chi connectivity index (χ3n) is 3.92. The first-order valence-electron chi connectivity index (χ1n) is 7.86. The van der Waals surface area contributed by atoms with Gasteiger partial charge >= 0.3 is 0 Å². The topological polar surface area (TPSA) is 46.2 Å². The largest absolute Gasteiger partial charge is 0.341 e. The van der Waals surface area contributed by atoms with E-state index in [1.54, 1.807) is 30.3 Å². The zero-order chi connectivity index (χ0) is 17.9. The minimum atomic E-state index is -0.634. The molecule has 1 atom stereocenters. The minimum absolute atomic E-state index is 0.124. The molecule has 2 rings (SSSR count). The van der Waals surface area contributed by atoms with Gasteiger partial charge in [0.1, 0.15) is 0 Å². The van der Waals surface area contributed by atoms with Gasteiger partial charge in [0.05, 0.1) is 6.04 Å². The molecule has 0 heterocycles. The highest BCUT2D eigenvalue weighted by Crippen LogP contribution is 2.24. The molecule has 1 N–H and O–H groups in total. The highest BCUT2D eigenvalue weighted by atomic mass is 35.5. The second-order valence-electron chi connectivity index (χ2n) is 6.96. The normalized spacial score (nSPS) is 12.5. The third-order valence-corrected chi connectivity index (χ3v) is 4.17. The van der Waals surface area contributed by atoms with Crippen molar-refractivity contribution >= 4 is 23.3 Å². The van der Waals surface area contributed by atoms with Crippen molar-refractivity contribution in [3.8, 4) is 0 Å². The average molecular weight is 344 g/mol. The molecule has 3 nitrogen and oxygen atoms in total. The monoisotopic (exact) mass is 343 g/mol. The maximum absolute atomic E-state index is 12.9. The molecule has 0 fully saturated rings. The van der Waals surface area contributed by atoms with Crippen molar-refractivity contribution in [1.29, 1.82) is 0 Å². The number of carbonyl (C=O) groups excluding carboxylic acids is 2. The SMILES string of the molecule is Cc1ccccc1C(=O)NC(C(=O)c1ccc(Cl)cc1)C(C)(C)C. The van der Waals surface area contributed by atoms with E-state index in [-0.39, 0.29) is 11.7 Å². The van der Waals surface area contributed by atoms with E-state index in [9.17, 15) is 9.59 Å². The third kappa shape index (κ3) is 4.24. The first-order chi connectivity index (χ1) is 11.2. The molecule has 0 aliphatic heterocycles. The number of halogens is 1. The van der Waals surface area contributed by atoms with Crippen LogP contribution in [-0.4, -0.2) is 17.7 Å². The summed E-state index contributed by atoms with van der Waals surface area (Å²) in [5.74, 6) is -0.364. The molecule has 2 aromatic carbocycles. The van der Waals surface area contributed by atoms with E-state index >= 15 is 0 Å². The first kappa shape index (κ1) is 18.2. The molecule has 0 bridgehead atoms. The van der Waals surface area contributed by atoms with Gasteiger partial charge in [-0.1, -0.05) is 50.6 Å². The fourth-order valence-corrected chi connectivity index (χ4v) is 2.62. The summed E-state index contributed by atoms with van der Waals surface area (Å²) in [6, 6.07) is 13.4. The second-order valence-corrected chi connectivity index (χ2v) is 7.40. The highest BCUT2D eigenvalue weighted by molar-refractivity contribution is 6.30. The van der Waals surface area contributed by atoms with Crippen LogP contribution in [-0.2, 0) is 0 Å². The van der Waals surface area contributed by atoms with Crippen molar-refractivity contribution in [2.75, 3.05) is 0 Å². The summed E-state index contributed by atoms with van der Waals surface area (Å²) >= 11 is 5.89. The van der Waals surface area contributed by atoms with Crippen LogP contribution in [0.1, 0.15) is 47.1 Å². The zero-order valence-corrected chi connectivity index (χ0v) is 15.1. The Morgan fingerprint density at radius 3 is 2.12 bits per heavy atom. The van der Waals surface area contributed by atoms with E-state index in [4.69, 9.17) is 11.6 Å². The maximum Gasteiger partial charge on any atom is 0.252 e. The van der Waals surface area contributed by atoms with Crippen LogP contribution < -0.4 is 5.32 Å². The van der Waals surface area contributed by atoms with Crippen molar-refractivity contribution in [2.45, 2.75) is 33.7 Å². The average Bonchev–Trinajstić information content (AvgIpc) is 2.52. The number of nitrogens with one attached hydrogen (secondary N) is 1. The van der Waals surface area contributed by atoms with Gasteiger partial charge in [0.25, 0.3) is 5.91 Å². The van der Waals surface area contributed by atoms with Gasteiger partial charge in [0, 0.05) is 16.1 Å². The van der Waals surface area contributed by atoms with Gasteiger partial charge in [0.2, 0.25) is 0 Å². The molecule has 2 aromatic rings. The zero-order valence-electron chi connectivity index (χ0n) is 14.4. The summed E-state index contributed by atoms with van der Waals surface area (Å²) in [5, 5.41) is 3.48. The van der Waals surface area contributed by atoms with Gasteiger partial charge < -0.3 is 5.32 Å². The Labute approximate surface area is 148 Å². The number of carbonyl (C=O) groups is 2. The van der Waals surface area contributed by atoms with Crippen LogP contribution in [0.2, 0.25) is 5.02 Å². The second kappa shape index (κ2) is 7.18. The number of amides is 1. The van der Waals surface area contributed by atoms with Crippen molar-refractivity contribution < 1.29 is 9.59 Å². The van der Waals surface area contributed by atoms with Gasteiger partial charge in [-0.05, 0) is 48.2 Å². The van der Waals surface area contributed by atoms with Crippen molar-refractivity contribution in [3.05, 3.63) is 70.2 Å². The molecule has 0 aliphatic carbocycles. The molecular formula is C20H22ClNO2. The maximum atomic E-state index is 12.9. The Kier molecular flexibility index (Phi) is 5.45. The van der Waals surface area contributed by atoms with E-state index in [1.165, 1.54) is 0 Å². The Morgan fingerprint density at radius 1 is 1.00 bits per heavy atom. The van der Waals surface area contributed by atoms with Crippen LogP contribution >= 0.6 is 11.6 Å². The number of hydrogen-bond donors (Lipinski definition) is 1. The molecule has 0 aromatic heterocycles. The van der Waals surface area contributed by atoms with Crippen molar-refractivity contribution in [3.63, 3.8) is 0 Å². The lowest BCUT2D eigenvalue weighted by molar-refractivity contribution is 0.0781. The molecule has 0 saturated heterocycles. The molecule has 4 heteroatoms. The van der Waals surface area contributed by atoms with E-state index in [1.807, 2.05) is 45.9 Å². The Morgan fingerprint density at radius 2 is 1.58 bits per heavy atom. The standard InChI is InChI=1S/C20H22ClNO2/c1-13-7-5-6-8-16(13)19(24)22-18(20(2,3)4)17(23)14-9-11-15(21)12-10-14/h5-12,18H,1-4H3,(H,22,24). The molecule has 0 radical (unpaired) electrons. The molecule has 1 unspecified atom stereocenters. The van der Waals surface area contributed by atoms with E-state index in [2.05, 4.69) is 5.32 Å². The van der Waals surface area contributed by atoms with Gasteiger partial charge in [-0.2, -0.15) is 0 Å². The molecule has 0 saturated carbocycles. The van der Waals surface area contributed by atoms with Crippen LogP contribution in [0, 0.1) is 12.3 Å². The number of Topliss-reactive ketones (excluding diaryl/α,β-unsaturated/α-hetero) is 1. The van der Waals surface area contributed by atoms with E-state index in [0.717, 1.165) is 5.56 Å². The fraction of sp³-hybridized carbons (Fsp3) is 0.300. The van der Waals surface area contributed by atoms with Gasteiger partial charge in [0.15, 0.2) is 5.78 Å². The van der Waals surface area contributed by atoms with Crippen LogP contribution in [0.25, 0.3) is 0 Å². The Balaban J connectivity index is 2.29. The number of aryl methyl sites for hydroxylation is 1. The molecule has 1 amide bonds. The lowest BCUT2D eigenvalue weighted by Crippen LogP contribution is -2.49. The first-order valence-corrected chi connectivity index (χ1v) is 8.24. The van der Waals surface area contributed by atoms with E-state index in [0.29, 0.717) is 16.1 Å². The summed E-state index contributed by atoms with van der Waals surface area (Å²) in [6.45, 7) is 7.68. The summed E-state index contributed by atoms with van der Waals surface area (Å²) in [4.78, 5) is 25.5. The summed E-state index contributed by atoms with van der Waals surface area (Å²) in [5.41, 5.74) is 1.57. The molecule has 24 heavy (non-hydrogen) atoms. The minimum Gasteiger partial charge on any atom is -0.341 e. The van der Waals surface area contributed by atoms with E-state index < -0.39 is 11.5 Å². The lowest BCUT2D eigenvalue weighted by Gasteiger charge is -2.30.